The van der Waals surface area contributed by atoms with Gasteiger partial charge in [-0.05, 0) is 26.2 Å². The van der Waals surface area contributed by atoms with Gasteiger partial charge in [0, 0.05) is 0 Å². The summed E-state index contributed by atoms with van der Waals surface area (Å²) in [7, 11) is -3.72. The monoisotopic (exact) mass is 294 g/mol. The highest BCUT2D eigenvalue weighted by Gasteiger charge is 2.35. The van der Waals surface area contributed by atoms with Crippen molar-refractivity contribution in [1.82, 2.24) is 0 Å². The van der Waals surface area contributed by atoms with E-state index in [1.807, 2.05) is 19.6 Å². The molecule has 3 nitrogen and oxygen atoms in total. The molecule has 0 aliphatic heterocycles. The average molecular weight is 296 g/mol. The van der Waals surface area contributed by atoms with Crippen LogP contribution in [0.15, 0.2) is 0 Å². The molecule has 0 rings (SSSR count). The van der Waals surface area contributed by atoms with Gasteiger partial charge in [-0.25, -0.2) is 4.79 Å². The van der Waals surface area contributed by atoms with Crippen molar-refractivity contribution in [3.63, 3.8) is 0 Å². The lowest BCUT2D eigenvalue weighted by molar-refractivity contribution is -0.134. The number of hydrogen-bond donors (Lipinski definition) is 0. The van der Waals surface area contributed by atoms with Crippen LogP contribution >= 0.6 is 34.8 Å². The third-order valence-corrected chi connectivity index (χ3v) is 6.19. The number of alkyl halides is 3. The van der Waals surface area contributed by atoms with Crippen molar-refractivity contribution in [2.75, 3.05) is 0 Å². The Morgan fingerprint density at radius 2 is 1.71 bits per heavy atom. The van der Waals surface area contributed by atoms with Crippen LogP contribution in [0.3, 0.4) is 0 Å². The molecule has 0 saturated heterocycles. The predicted octanol–water partition coefficient (Wildman–Crippen LogP) is 2.60. The third kappa shape index (κ3) is 7.08. The van der Waals surface area contributed by atoms with Crippen LogP contribution in [0.2, 0.25) is 26.2 Å². The molecule has 0 spiro atoms. The number of carbonyl (C=O) groups is 1. The lowest BCUT2D eigenvalue weighted by atomic mass is 10.8. The fourth-order valence-corrected chi connectivity index (χ4v) is 5.75. The second-order valence-electron chi connectivity index (χ2n) is 3.70. The number of hydrogen-bond acceptors (Lipinski definition) is 3. The summed E-state index contributed by atoms with van der Waals surface area (Å²) in [4.78, 5) is 11.1. The van der Waals surface area contributed by atoms with Gasteiger partial charge in [0.25, 0.3) is 3.79 Å². The maximum Gasteiger partial charge on any atom is 0.372 e. The van der Waals surface area contributed by atoms with Gasteiger partial charge in [-0.3, -0.25) is 0 Å². The van der Waals surface area contributed by atoms with E-state index in [-0.39, 0.29) is 0 Å². The van der Waals surface area contributed by atoms with Crippen molar-refractivity contribution in [3.05, 3.63) is 0 Å². The predicted molar refractivity (Wildman–Crippen MR) is 63.8 cm³/mol. The van der Waals surface area contributed by atoms with Crippen LogP contribution < -0.4 is 0 Å². The molecular weight excluding hydrogens is 283 g/mol. The van der Waals surface area contributed by atoms with Gasteiger partial charge in [-0.1, -0.05) is 34.8 Å². The minimum Gasteiger partial charge on any atom is -0.494 e. The average Bonchev–Trinajstić information content (AvgIpc) is 1.79. The van der Waals surface area contributed by atoms with Gasteiger partial charge in [0.2, 0.25) is 0 Å². The van der Waals surface area contributed by atoms with Crippen molar-refractivity contribution in [2.24, 2.45) is 0 Å². The van der Waals surface area contributed by atoms with Crippen LogP contribution in [-0.2, 0) is 13.3 Å². The largest absolute Gasteiger partial charge is 0.494 e. The van der Waals surface area contributed by atoms with E-state index in [0.717, 1.165) is 0 Å². The Morgan fingerprint density at radius 3 is 2.00 bits per heavy atom. The standard InChI is InChI=1S/C6H13Cl3O3Si2/c1-13(12-14(2,3)4)11-5(10)6(7,8)9/h13H,1-4H3. The lowest BCUT2D eigenvalue weighted by Gasteiger charge is -2.23. The van der Waals surface area contributed by atoms with Crippen molar-refractivity contribution < 1.29 is 13.3 Å². The summed E-state index contributed by atoms with van der Waals surface area (Å²) in [6.07, 6.45) is 0. The highest BCUT2D eigenvalue weighted by atomic mass is 35.6. The smallest absolute Gasteiger partial charge is 0.372 e. The van der Waals surface area contributed by atoms with Crippen molar-refractivity contribution in [2.45, 2.75) is 30.0 Å². The van der Waals surface area contributed by atoms with E-state index in [4.69, 9.17) is 43.3 Å². The maximum absolute atomic E-state index is 11.1. The van der Waals surface area contributed by atoms with Crippen molar-refractivity contribution in [3.8, 4) is 0 Å². The van der Waals surface area contributed by atoms with Gasteiger partial charge >= 0.3 is 15.3 Å². The summed E-state index contributed by atoms with van der Waals surface area (Å²) in [5.74, 6) is -0.861. The molecule has 0 amide bonds. The van der Waals surface area contributed by atoms with E-state index in [2.05, 4.69) is 0 Å². The second kappa shape index (κ2) is 5.18. The highest BCUT2D eigenvalue weighted by molar-refractivity contribution is 6.78. The third-order valence-electron chi connectivity index (χ3n) is 1.02. The first-order valence-corrected chi connectivity index (χ1v) is 10.6. The Hall–Kier alpha value is 0.734. The molecule has 8 heteroatoms. The number of halogens is 3. The summed E-state index contributed by atoms with van der Waals surface area (Å²) in [5, 5.41) is 0. The van der Waals surface area contributed by atoms with Crippen molar-refractivity contribution in [1.29, 1.82) is 0 Å². The Labute approximate surface area is 102 Å². The molecule has 0 aliphatic carbocycles. The summed E-state index contributed by atoms with van der Waals surface area (Å²) in [5.41, 5.74) is 0. The van der Waals surface area contributed by atoms with E-state index in [1.54, 1.807) is 6.55 Å². The fraction of sp³-hybridized carbons (Fsp3) is 0.833. The molecule has 0 N–H and O–H groups in total. The Morgan fingerprint density at radius 1 is 1.29 bits per heavy atom. The first-order valence-electron chi connectivity index (χ1n) is 3.98. The minimum atomic E-state index is -2.03. The lowest BCUT2D eigenvalue weighted by Crippen LogP contribution is -2.38. The fourth-order valence-electron chi connectivity index (χ4n) is 0.739. The molecule has 0 aliphatic rings. The van der Waals surface area contributed by atoms with Crippen LogP contribution in [0.4, 0.5) is 0 Å². The summed E-state index contributed by atoms with van der Waals surface area (Å²) in [6, 6.07) is 0. The molecule has 1 atom stereocenters. The molecule has 1 unspecified atom stereocenters. The SMILES string of the molecule is C[SiH](OC(=O)C(Cl)(Cl)Cl)O[Si](C)(C)C. The van der Waals surface area contributed by atoms with Crippen LogP contribution in [0.1, 0.15) is 0 Å². The topological polar surface area (TPSA) is 35.5 Å². The summed E-state index contributed by atoms with van der Waals surface area (Å²) < 4.78 is 8.46. The van der Waals surface area contributed by atoms with Gasteiger partial charge in [0.15, 0.2) is 8.32 Å². The van der Waals surface area contributed by atoms with Gasteiger partial charge in [0.05, 0.1) is 0 Å². The zero-order valence-electron chi connectivity index (χ0n) is 8.44. The normalized spacial score (nSPS) is 15.1. The van der Waals surface area contributed by atoms with Gasteiger partial charge < -0.3 is 8.54 Å². The maximum atomic E-state index is 11.1. The quantitative estimate of drug-likeness (QED) is 0.593. The molecule has 0 fully saturated rings. The number of carbonyl (C=O) groups excluding carboxylic acids is 1. The molecule has 84 valence electrons. The van der Waals surface area contributed by atoms with Crippen molar-refractivity contribution >= 4 is 58.4 Å². The van der Waals surface area contributed by atoms with Crippen LogP contribution in [-0.4, -0.2) is 27.4 Å². The molecule has 0 aromatic heterocycles. The van der Waals surface area contributed by atoms with E-state index < -0.39 is 27.4 Å². The molecule has 0 bridgehead atoms. The van der Waals surface area contributed by atoms with E-state index in [0.29, 0.717) is 0 Å². The highest BCUT2D eigenvalue weighted by Crippen LogP contribution is 2.27. The summed E-state index contributed by atoms with van der Waals surface area (Å²) in [6.45, 7) is 7.73. The van der Waals surface area contributed by atoms with Gasteiger partial charge in [-0.15, -0.1) is 0 Å². The Bertz CT molecular complexity index is 211. The van der Waals surface area contributed by atoms with Crippen LogP contribution in [0.25, 0.3) is 0 Å². The first-order chi connectivity index (χ1) is 6.02. The second-order valence-corrected chi connectivity index (χ2v) is 12.5. The Balaban J connectivity index is 4.09. The zero-order chi connectivity index (χ0) is 11.6. The molecule has 0 radical (unpaired) electrons. The van der Waals surface area contributed by atoms with Gasteiger partial charge in [0.1, 0.15) is 0 Å². The number of rotatable bonds is 3. The van der Waals surface area contributed by atoms with Crippen LogP contribution in [0, 0.1) is 0 Å². The summed E-state index contributed by atoms with van der Waals surface area (Å²) >= 11 is 16.0. The van der Waals surface area contributed by atoms with E-state index in [9.17, 15) is 4.79 Å². The minimum absolute atomic E-state index is 0.861. The van der Waals surface area contributed by atoms with E-state index in [1.165, 1.54) is 0 Å². The first kappa shape index (κ1) is 14.7. The van der Waals surface area contributed by atoms with Crippen LogP contribution in [0.5, 0.6) is 0 Å². The zero-order valence-corrected chi connectivity index (χ0v) is 12.9. The molecule has 0 aromatic rings. The molecule has 14 heavy (non-hydrogen) atoms. The molecular formula is C6H13Cl3O3Si2. The van der Waals surface area contributed by atoms with E-state index >= 15 is 0 Å². The molecule has 0 saturated carbocycles. The van der Waals surface area contributed by atoms with Gasteiger partial charge in [-0.2, -0.15) is 0 Å². The molecule has 0 heterocycles. The molecule has 0 aromatic carbocycles. The Kier molecular flexibility index (Phi) is 5.45.